The quantitative estimate of drug-likeness (QED) is 0.864. The number of thiophene rings is 1. The van der Waals surface area contributed by atoms with Gasteiger partial charge in [0.25, 0.3) is 5.91 Å². The fraction of sp³-hybridized carbons (Fsp3) is 0.667. The average Bonchev–Trinajstić information content (AvgIpc) is 2.80. The Morgan fingerprint density at radius 3 is 3.00 bits per heavy atom. The summed E-state index contributed by atoms with van der Waals surface area (Å²) < 4.78 is 0. The van der Waals surface area contributed by atoms with Crippen molar-refractivity contribution >= 4 is 29.7 Å². The number of rotatable bonds is 1. The van der Waals surface area contributed by atoms with Crippen molar-refractivity contribution in [3.8, 4) is 0 Å². The Bertz CT molecular complexity index is 488. The van der Waals surface area contributed by atoms with Gasteiger partial charge in [0.15, 0.2) is 0 Å². The standard InChI is InChI=1S/C15H22N2OS.ClH/c1-10-3-4-13-12(7-10)8-14(19-13)15(18)17-6-5-16-11(2)9-17;/h8,10-11,16H,3-7,9H2,1-2H3;1H. The van der Waals surface area contributed by atoms with Crippen LogP contribution in [0.5, 0.6) is 0 Å². The molecule has 0 aromatic carbocycles. The van der Waals surface area contributed by atoms with Gasteiger partial charge < -0.3 is 10.2 Å². The van der Waals surface area contributed by atoms with Gasteiger partial charge in [-0.25, -0.2) is 0 Å². The summed E-state index contributed by atoms with van der Waals surface area (Å²) in [4.78, 5) is 17.0. The van der Waals surface area contributed by atoms with E-state index in [1.165, 1.54) is 16.9 Å². The Balaban J connectivity index is 0.00000147. The van der Waals surface area contributed by atoms with Gasteiger partial charge in [-0.3, -0.25) is 4.79 Å². The fourth-order valence-corrected chi connectivity index (χ4v) is 4.26. The number of nitrogens with zero attached hydrogens (tertiary/aromatic N) is 1. The number of nitrogens with one attached hydrogen (secondary N) is 1. The largest absolute Gasteiger partial charge is 0.335 e. The lowest BCUT2D eigenvalue weighted by atomic mass is 9.90. The van der Waals surface area contributed by atoms with E-state index in [2.05, 4.69) is 25.2 Å². The van der Waals surface area contributed by atoms with Gasteiger partial charge >= 0.3 is 0 Å². The van der Waals surface area contributed by atoms with Gasteiger partial charge in [0, 0.05) is 30.6 Å². The van der Waals surface area contributed by atoms with E-state index >= 15 is 0 Å². The summed E-state index contributed by atoms with van der Waals surface area (Å²) in [5.41, 5.74) is 1.43. The van der Waals surface area contributed by atoms with Crippen molar-refractivity contribution in [3.05, 3.63) is 21.4 Å². The summed E-state index contributed by atoms with van der Waals surface area (Å²) in [6.45, 7) is 7.02. The molecule has 1 aromatic heterocycles. The van der Waals surface area contributed by atoms with Crippen molar-refractivity contribution in [1.82, 2.24) is 10.2 Å². The van der Waals surface area contributed by atoms with Gasteiger partial charge in [-0.1, -0.05) is 6.92 Å². The molecular weight excluding hydrogens is 292 g/mol. The molecule has 1 N–H and O–H groups in total. The number of carbonyl (C=O) groups is 1. The molecule has 1 fully saturated rings. The minimum atomic E-state index is 0. The van der Waals surface area contributed by atoms with Crippen LogP contribution in [0, 0.1) is 5.92 Å². The van der Waals surface area contributed by atoms with Gasteiger partial charge in [-0.2, -0.15) is 0 Å². The van der Waals surface area contributed by atoms with Crippen LogP contribution in [0.25, 0.3) is 0 Å². The number of hydrogen-bond donors (Lipinski definition) is 1. The minimum absolute atomic E-state index is 0. The molecule has 1 saturated heterocycles. The van der Waals surface area contributed by atoms with Gasteiger partial charge in [-0.05, 0) is 43.7 Å². The Labute approximate surface area is 131 Å². The maximum absolute atomic E-state index is 12.6. The van der Waals surface area contributed by atoms with Crippen LogP contribution < -0.4 is 5.32 Å². The molecule has 2 atom stereocenters. The highest BCUT2D eigenvalue weighted by molar-refractivity contribution is 7.14. The van der Waals surface area contributed by atoms with E-state index in [0.717, 1.165) is 43.3 Å². The van der Waals surface area contributed by atoms with Crippen LogP contribution in [0.2, 0.25) is 0 Å². The molecule has 0 radical (unpaired) electrons. The monoisotopic (exact) mass is 314 g/mol. The van der Waals surface area contributed by atoms with Crippen LogP contribution in [0.3, 0.4) is 0 Å². The van der Waals surface area contributed by atoms with E-state index in [0.29, 0.717) is 6.04 Å². The highest BCUT2D eigenvalue weighted by Gasteiger charge is 2.25. The minimum Gasteiger partial charge on any atom is -0.335 e. The third-order valence-electron chi connectivity index (χ3n) is 4.20. The van der Waals surface area contributed by atoms with Crippen LogP contribution in [0.15, 0.2) is 6.07 Å². The van der Waals surface area contributed by atoms with Crippen LogP contribution in [-0.2, 0) is 12.8 Å². The van der Waals surface area contributed by atoms with Gasteiger partial charge in [0.1, 0.15) is 0 Å². The van der Waals surface area contributed by atoms with E-state index in [-0.39, 0.29) is 18.3 Å². The number of amides is 1. The summed E-state index contributed by atoms with van der Waals surface area (Å²) in [5, 5.41) is 3.38. The molecule has 1 aromatic rings. The summed E-state index contributed by atoms with van der Waals surface area (Å²) in [7, 11) is 0. The molecule has 3 nitrogen and oxygen atoms in total. The SMILES string of the molecule is CC1CCc2sc(C(=O)N3CCNC(C)C3)cc2C1.Cl. The Morgan fingerprint density at radius 2 is 2.25 bits per heavy atom. The summed E-state index contributed by atoms with van der Waals surface area (Å²) in [6, 6.07) is 2.57. The summed E-state index contributed by atoms with van der Waals surface area (Å²) >= 11 is 1.73. The third-order valence-corrected chi connectivity index (χ3v) is 5.42. The topological polar surface area (TPSA) is 32.3 Å². The number of fused-ring (bicyclic) bond motifs is 1. The van der Waals surface area contributed by atoms with E-state index in [1.807, 2.05) is 4.90 Å². The maximum atomic E-state index is 12.6. The van der Waals surface area contributed by atoms with Gasteiger partial charge in [-0.15, -0.1) is 23.7 Å². The molecule has 0 spiro atoms. The summed E-state index contributed by atoms with van der Waals surface area (Å²) in [6.07, 6.45) is 3.58. The predicted molar refractivity (Wildman–Crippen MR) is 86.1 cm³/mol. The van der Waals surface area contributed by atoms with Crippen LogP contribution >= 0.6 is 23.7 Å². The molecule has 2 aliphatic rings. The predicted octanol–water partition coefficient (Wildman–Crippen LogP) is 2.73. The lowest BCUT2D eigenvalue weighted by Crippen LogP contribution is -2.51. The molecule has 5 heteroatoms. The smallest absolute Gasteiger partial charge is 0.264 e. The second kappa shape index (κ2) is 6.46. The second-order valence-electron chi connectivity index (χ2n) is 6.01. The second-order valence-corrected chi connectivity index (χ2v) is 7.15. The first-order valence-corrected chi connectivity index (χ1v) is 8.09. The Kier molecular flexibility index (Phi) is 5.10. The van der Waals surface area contributed by atoms with Crippen LogP contribution in [0.4, 0.5) is 0 Å². The van der Waals surface area contributed by atoms with E-state index in [1.54, 1.807) is 11.3 Å². The zero-order chi connectivity index (χ0) is 13.4. The average molecular weight is 315 g/mol. The fourth-order valence-electron chi connectivity index (χ4n) is 3.08. The Hall–Kier alpha value is -0.580. The zero-order valence-corrected chi connectivity index (χ0v) is 13.8. The van der Waals surface area contributed by atoms with Crippen molar-refractivity contribution in [1.29, 1.82) is 0 Å². The zero-order valence-electron chi connectivity index (χ0n) is 12.1. The van der Waals surface area contributed by atoms with E-state index in [9.17, 15) is 4.79 Å². The number of halogens is 1. The molecular formula is C15H23ClN2OS. The van der Waals surface area contributed by atoms with Crippen molar-refractivity contribution in [2.45, 2.75) is 39.2 Å². The molecule has 0 bridgehead atoms. The van der Waals surface area contributed by atoms with Gasteiger partial charge in [0.2, 0.25) is 0 Å². The summed E-state index contributed by atoms with van der Waals surface area (Å²) in [5.74, 6) is 1.00. The molecule has 112 valence electrons. The molecule has 20 heavy (non-hydrogen) atoms. The van der Waals surface area contributed by atoms with Gasteiger partial charge in [0.05, 0.1) is 4.88 Å². The lowest BCUT2D eigenvalue weighted by molar-refractivity contribution is 0.0714. The molecule has 1 aliphatic heterocycles. The lowest BCUT2D eigenvalue weighted by Gasteiger charge is -2.31. The van der Waals surface area contributed by atoms with Crippen LogP contribution in [-0.4, -0.2) is 36.5 Å². The molecule has 3 rings (SSSR count). The van der Waals surface area contributed by atoms with Crippen molar-refractivity contribution in [2.75, 3.05) is 19.6 Å². The molecule has 2 unspecified atom stereocenters. The maximum Gasteiger partial charge on any atom is 0.264 e. The van der Waals surface area contributed by atoms with Crippen molar-refractivity contribution < 1.29 is 4.79 Å². The Morgan fingerprint density at radius 1 is 1.45 bits per heavy atom. The van der Waals surface area contributed by atoms with Crippen molar-refractivity contribution in [2.24, 2.45) is 5.92 Å². The number of piperazine rings is 1. The first kappa shape index (κ1) is 15.8. The van der Waals surface area contributed by atoms with E-state index in [4.69, 9.17) is 0 Å². The van der Waals surface area contributed by atoms with Crippen LogP contribution in [0.1, 0.15) is 40.4 Å². The van der Waals surface area contributed by atoms with E-state index < -0.39 is 0 Å². The normalized spacial score (nSPS) is 25.8. The van der Waals surface area contributed by atoms with Crippen molar-refractivity contribution in [3.63, 3.8) is 0 Å². The highest BCUT2D eigenvalue weighted by Crippen LogP contribution is 2.32. The molecule has 0 saturated carbocycles. The molecule has 1 aliphatic carbocycles. The number of carbonyl (C=O) groups excluding carboxylic acids is 1. The molecule has 2 heterocycles. The number of hydrogen-bond acceptors (Lipinski definition) is 3. The number of aryl methyl sites for hydroxylation is 1. The first-order chi connectivity index (χ1) is 9.13. The molecule has 1 amide bonds. The highest BCUT2D eigenvalue weighted by atomic mass is 35.5. The first-order valence-electron chi connectivity index (χ1n) is 7.27. The third kappa shape index (κ3) is 3.18.